The second kappa shape index (κ2) is 8.84. The topological polar surface area (TPSA) is 125 Å². The van der Waals surface area contributed by atoms with Crippen molar-refractivity contribution in [3.8, 4) is 0 Å². The van der Waals surface area contributed by atoms with E-state index in [-0.39, 0.29) is 23.4 Å². The van der Waals surface area contributed by atoms with Crippen molar-refractivity contribution < 1.29 is 22.8 Å². The van der Waals surface area contributed by atoms with Gasteiger partial charge in [-0.1, -0.05) is 6.07 Å². The van der Waals surface area contributed by atoms with Crippen LogP contribution >= 0.6 is 0 Å². The van der Waals surface area contributed by atoms with E-state index in [9.17, 15) is 22.8 Å². The van der Waals surface area contributed by atoms with Gasteiger partial charge in [0.25, 0.3) is 5.91 Å². The summed E-state index contributed by atoms with van der Waals surface area (Å²) in [5, 5.41) is 7.67. The van der Waals surface area contributed by atoms with Crippen LogP contribution in [0.4, 0.5) is 41.1 Å². The molecule has 2 aromatic rings. The van der Waals surface area contributed by atoms with Crippen LogP contribution in [0.1, 0.15) is 23.2 Å². The van der Waals surface area contributed by atoms with E-state index < -0.39 is 18.6 Å². The minimum atomic E-state index is -4.50. The van der Waals surface area contributed by atoms with E-state index in [1.807, 2.05) is 5.32 Å². The van der Waals surface area contributed by atoms with Gasteiger partial charge in [-0.2, -0.15) is 18.2 Å². The molecule has 0 unspecified atom stereocenters. The fourth-order valence-electron chi connectivity index (χ4n) is 2.87. The third-order valence-corrected chi connectivity index (χ3v) is 4.27. The molecule has 9 nitrogen and oxygen atoms in total. The average molecular weight is 423 g/mol. The number of rotatable bonds is 6. The van der Waals surface area contributed by atoms with Crippen LogP contribution < -0.4 is 21.7 Å². The second-order valence-corrected chi connectivity index (χ2v) is 6.62. The third-order valence-electron chi connectivity index (χ3n) is 4.27. The van der Waals surface area contributed by atoms with Gasteiger partial charge in [0.15, 0.2) is 0 Å². The van der Waals surface area contributed by atoms with Crippen molar-refractivity contribution in [2.24, 2.45) is 5.73 Å². The number of carbonyl (C=O) groups is 2. The molecule has 1 aliphatic rings. The lowest BCUT2D eigenvalue weighted by atomic mass is 10.2. The van der Waals surface area contributed by atoms with Crippen LogP contribution in [0.3, 0.4) is 0 Å². The molecule has 1 aliphatic heterocycles. The summed E-state index contributed by atoms with van der Waals surface area (Å²) in [5.41, 5.74) is 5.92. The predicted octanol–water partition coefficient (Wildman–Crippen LogP) is 2.92. The highest BCUT2D eigenvalue weighted by Gasteiger charge is 2.28. The summed E-state index contributed by atoms with van der Waals surface area (Å²) in [6, 6.07) is 6.47. The van der Waals surface area contributed by atoms with Gasteiger partial charge in [0, 0.05) is 30.7 Å². The Hall–Kier alpha value is -3.57. The number of carbonyl (C=O) groups excluding carboxylic acids is 2. The molecule has 1 aromatic heterocycles. The van der Waals surface area contributed by atoms with Crippen LogP contribution in [0.2, 0.25) is 0 Å². The summed E-state index contributed by atoms with van der Waals surface area (Å²) in [6.45, 7) is 0.0246. The Morgan fingerprint density at radius 3 is 2.53 bits per heavy atom. The molecular weight excluding hydrogens is 403 g/mol. The first-order chi connectivity index (χ1) is 14.2. The highest BCUT2D eigenvalue weighted by Crippen LogP contribution is 2.22. The summed E-state index contributed by atoms with van der Waals surface area (Å²) in [5.74, 6) is -1.35. The number of halogens is 3. The van der Waals surface area contributed by atoms with Gasteiger partial charge in [0.2, 0.25) is 5.95 Å². The zero-order chi connectivity index (χ0) is 21.7. The van der Waals surface area contributed by atoms with Crippen LogP contribution in [0.25, 0.3) is 0 Å². The molecule has 0 atom stereocenters. The number of urea groups is 1. The van der Waals surface area contributed by atoms with Crippen molar-refractivity contribution in [1.82, 2.24) is 14.9 Å². The summed E-state index contributed by atoms with van der Waals surface area (Å²) >= 11 is 0. The minimum absolute atomic E-state index is 0.0484. The fourth-order valence-corrected chi connectivity index (χ4v) is 2.87. The minimum Gasteiger partial charge on any atom is -0.365 e. The molecule has 1 fully saturated rings. The summed E-state index contributed by atoms with van der Waals surface area (Å²) in [4.78, 5) is 33.2. The Morgan fingerprint density at radius 2 is 1.87 bits per heavy atom. The van der Waals surface area contributed by atoms with Crippen molar-refractivity contribution in [2.45, 2.75) is 19.0 Å². The highest BCUT2D eigenvalue weighted by atomic mass is 19.4. The maximum absolute atomic E-state index is 12.5. The van der Waals surface area contributed by atoms with E-state index in [4.69, 9.17) is 5.73 Å². The normalized spacial score (nSPS) is 13.8. The smallest absolute Gasteiger partial charge is 0.365 e. The number of benzene rings is 1. The van der Waals surface area contributed by atoms with Gasteiger partial charge in [-0.3, -0.25) is 4.79 Å². The first kappa shape index (κ1) is 21.1. The SMILES string of the molecule is NC(=O)c1cnc(Nc2cccc(NC(=O)N3CCCC3)c2)nc1NCC(F)(F)F. The second-order valence-electron chi connectivity index (χ2n) is 6.62. The molecule has 0 spiro atoms. The average Bonchev–Trinajstić information content (AvgIpc) is 3.21. The van der Waals surface area contributed by atoms with E-state index in [1.165, 1.54) is 0 Å². The molecule has 0 bridgehead atoms. The van der Waals surface area contributed by atoms with E-state index >= 15 is 0 Å². The number of nitrogens with two attached hydrogens (primary N) is 1. The zero-order valence-electron chi connectivity index (χ0n) is 15.8. The van der Waals surface area contributed by atoms with Crippen LogP contribution in [-0.4, -0.2) is 52.6 Å². The monoisotopic (exact) mass is 423 g/mol. The molecule has 30 heavy (non-hydrogen) atoms. The lowest BCUT2D eigenvalue weighted by Gasteiger charge is -2.17. The number of aromatic nitrogens is 2. The summed E-state index contributed by atoms with van der Waals surface area (Å²) < 4.78 is 37.5. The van der Waals surface area contributed by atoms with E-state index in [0.29, 0.717) is 24.5 Å². The zero-order valence-corrected chi connectivity index (χ0v) is 15.8. The van der Waals surface area contributed by atoms with E-state index in [1.54, 1.807) is 29.2 Å². The Balaban J connectivity index is 1.73. The molecule has 2 heterocycles. The number of anilines is 4. The number of primary amides is 1. The maximum Gasteiger partial charge on any atom is 0.405 e. The summed E-state index contributed by atoms with van der Waals surface area (Å²) in [6.07, 6.45) is -1.53. The van der Waals surface area contributed by atoms with Crippen LogP contribution in [0.15, 0.2) is 30.5 Å². The molecule has 3 amide bonds. The van der Waals surface area contributed by atoms with Gasteiger partial charge in [-0.05, 0) is 31.0 Å². The molecule has 12 heteroatoms. The van der Waals surface area contributed by atoms with Crippen LogP contribution in [0.5, 0.6) is 0 Å². The first-order valence-corrected chi connectivity index (χ1v) is 9.12. The fraction of sp³-hybridized carbons (Fsp3) is 0.333. The number of nitrogens with one attached hydrogen (secondary N) is 3. The summed E-state index contributed by atoms with van der Waals surface area (Å²) in [7, 11) is 0. The molecule has 0 saturated carbocycles. The van der Waals surface area contributed by atoms with Crippen molar-refractivity contribution >= 4 is 35.1 Å². The predicted molar refractivity (Wildman–Crippen MR) is 105 cm³/mol. The van der Waals surface area contributed by atoms with Crippen molar-refractivity contribution in [3.63, 3.8) is 0 Å². The van der Waals surface area contributed by atoms with Gasteiger partial charge in [-0.15, -0.1) is 0 Å². The number of alkyl halides is 3. The molecule has 3 rings (SSSR count). The quantitative estimate of drug-likeness (QED) is 0.566. The molecule has 1 saturated heterocycles. The van der Waals surface area contributed by atoms with Crippen molar-refractivity contribution in [2.75, 3.05) is 35.6 Å². The van der Waals surface area contributed by atoms with Gasteiger partial charge >= 0.3 is 12.2 Å². The lowest BCUT2D eigenvalue weighted by molar-refractivity contribution is -0.115. The number of nitrogens with zero attached hydrogens (tertiary/aromatic N) is 3. The number of likely N-dealkylation sites (tertiary alicyclic amines) is 1. The molecule has 160 valence electrons. The standard InChI is InChI=1S/C18H20F3N7O2/c19-18(20,21)10-24-15-13(14(22)29)9-23-16(27-15)25-11-4-3-5-12(8-11)26-17(30)28-6-1-2-7-28/h3-5,8-9H,1-2,6-7,10H2,(H2,22,29)(H,26,30)(H2,23,24,25,27). The van der Waals surface area contributed by atoms with E-state index in [0.717, 1.165) is 19.0 Å². The largest absolute Gasteiger partial charge is 0.405 e. The number of amides is 3. The van der Waals surface area contributed by atoms with Crippen LogP contribution in [0, 0.1) is 0 Å². The van der Waals surface area contributed by atoms with Crippen molar-refractivity contribution in [1.29, 1.82) is 0 Å². The van der Waals surface area contributed by atoms with Gasteiger partial charge in [0.05, 0.1) is 5.56 Å². The van der Waals surface area contributed by atoms with Gasteiger partial charge < -0.3 is 26.6 Å². The van der Waals surface area contributed by atoms with E-state index in [2.05, 4.69) is 20.6 Å². The Labute approximate surface area is 169 Å². The van der Waals surface area contributed by atoms with Gasteiger partial charge in [-0.25, -0.2) is 9.78 Å². The molecule has 0 aliphatic carbocycles. The third kappa shape index (κ3) is 5.72. The van der Waals surface area contributed by atoms with Crippen molar-refractivity contribution in [3.05, 3.63) is 36.0 Å². The molecule has 1 aromatic carbocycles. The Kier molecular flexibility index (Phi) is 6.23. The van der Waals surface area contributed by atoms with Crippen LogP contribution in [-0.2, 0) is 0 Å². The Bertz CT molecular complexity index is 930. The maximum atomic E-state index is 12.5. The first-order valence-electron chi connectivity index (χ1n) is 9.12. The highest BCUT2D eigenvalue weighted by molar-refractivity contribution is 5.97. The molecule has 0 radical (unpaired) electrons. The molecular formula is C18H20F3N7O2. The van der Waals surface area contributed by atoms with Gasteiger partial charge in [0.1, 0.15) is 12.4 Å². The lowest BCUT2D eigenvalue weighted by Crippen LogP contribution is -2.32. The molecule has 5 N–H and O–H groups in total. The number of hydrogen-bond acceptors (Lipinski definition) is 6. The Morgan fingerprint density at radius 1 is 1.17 bits per heavy atom. The number of hydrogen-bond donors (Lipinski definition) is 4.